The molecule has 1 aliphatic carbocycles. The number of carbonyl (C=O) groups excluding carboxylic acids is 3. The number of unbranched alkanes of at least 4 members (excludes halogenated alkanes) is 1. The van der Waals surface area contributed by atoms with Crippen LogP contribution in [0, 0.1) is 5.92 Å². The predicted octanol–water partition coefficient (Wildman–Crippen LogP) is 4.17. The van der Waals surface area contributed by atoms with Gasteiger partial charge in [0.15, 0.2) is 0 Å². The number of hydrogen-bond donors (Lipinski definition) is 2. The van der Waals surface area contributed by atoms with E-state index in [9.17, 15) is 19.2 Å². The lowest BCUT2D eigenvalue weighted by molar-refractivity contribution is -0.167. The van der Waals surface area contributed by atoms with Crippen LogP contribution in [0.1, 0.15) is 60.3 Å². The van der Waals surface area contributed by atoms with Crippen molar-refractivity contribution in [1.82, 2.24) is 4.90 Å². The first-order valence-electron chi connectivity index (χ1n) is 12.1. The molecule has 196 valence electrons. The molecule has 0 aromatic heterocycles. The van der Waals surface area contributed by atoms with Crippen LogP contribution in [0.15, 0.2) is 58.0 Å². The van der Waals surface area contributed by atoms with Gasteiger partial charge in [0.05, 0.1) is 5.03 Å². The quantitative estimate of drug-likeness (QED) is 0.180. The van der Waals surface area contributed by atoms with Crippen LogP contribution in [0.2, 0.25) is 0 Å². The number of ketones is 2. The molecule has 1 heterocycles. The Kier molecular flexibility index (Phi) is 10.0. The Morgan fingerprint density at radius 3 is 2.50 bits per heavy atom. The smallest absolute Gasteiger partial charge is 0.320 e. The molecule has 2 rings (SSSR count). The van der Waals surface area contributed by atoms with Crippen molar-refractivity contribution in [2.24, 2.45) is 11.7 Å². The van der Waals surface area contributed by atoms with Gasteiger partial charge >= 0.3 is 11.9 Å². The molecule has 2 aliphatic rings. The molecule has 0 unspecified atom stereocenters. The number of carboxylic acids is 1. The average molecular weight is 519 g/mol. The lowest BCUT2D eigenvalue weighted by Gasteiger charge is -2.35. The highest BCUT2D eigenvalue weighted by molar-refractivity contribution is 6.49. The molecule has 0 saturated carbocycles. The third kappa shape index (κ3) is 6.83. The summed E-state index contributed by atoms with van der Waals surface area (Å²) < 4.78 is 5.13. The molecule has 9 heteroatoms. The number of rotatable bonds is 11. The first-order chi connectivity index (χ1) is 16.8. The van der Waals surface area contributed by atoms with Crippen LogP contribution in [0.25, 0.3) is 0 Å². The minimum Gasteiger partial charge on any atom is -0.480 e. The number of halogens is 1. The first-order valence-corrected chi connectivity index (χ1v) is 12.4. The van der Waals surface area contributed by atoms with E-state index in [4.69, 9.17) is 27.2 Å². The lowest BCUT2D eigenvalue weighted by atomic mass is 9.79. The van der Waals surface area contributed by atoms with Crippen LogP contribution in [0.3, 0.4) is 0 Å². The van der Waals surface area contributed by atoms with E-state index in [-0.39, 0.29) is 16.2 Å². The molecular formula is C27H35ClN2O6. The summed E-state index contributed by atoms with van der Waals surface area (Å²) in [7, 11) is 0. The number of carbonyl (C=O) groups is 4. The van der Waals surface area contributed by atoms with Gasteiger partial charge in [-0.2, -0.15) is 0 Å². The molecule has 1 aliphatic heterocycles. The van der Waals surface area contributed by atoms with Crippen molar-refractivity contribution in [3.63, 3.8) is 0 Å². The van der Waals surface area contributed by atoms with E-state index in [1.165, 1.54) is 6.92 Å². The van der Waals surface area contributed by atoms with Gasteiger partial charge in [0.25, 0.3) is 0 Å². The number of aliphatic carboxylic acids is 1. The molecular weight excluding hydrogens is 484 g/mol. The van der Waals surface area contributed by atoms with Gasteiger partial charge in [0.2, 0.25) is 17.2 Å². The maximum atomic E-state index is 13.3. The highest BCUT2D eigenvalue weighted by Crippen LogP contribution is 2.39. The molecule has 0 fully saturated rings. The van der Waals surface area contributed by atoms with Gasteiger partial charge in [-0.3, -0.25) is 19.2 Å². The molecule has 0 saturated heterocycles. The van der Waals surface area contributed by atoms with Crippen molar-refractivity contribution >= 4 is 35.1 Å². The second-order valence-corrected chi connectivity index (χ2v) is 9.77. The number of ether oxygens (including phenoxy) is 1. The van der Waals surface area contributed by atoms with Gasteiger partial charge in [-0.1, -0.05) is 49.6 Å². The molecule has 3 atom stereocenters. The average Bonchev–Trinajstić information content (AvgIpc) is 2.82. The van der Waals surface area contributed by atoms with Gasteiger partial charge in [-0.05, 0) is 51.2 Å². The highest BCUT2D eigenvalue weighted by Gasteiger charge is 2.52. The standard InChI is InChI=1S/C27H35ClN2O6/c1-6-16(2)13-17(3)10-11-19-14-20-21(15-30(19)12-8-7-9-22(29)26(34)35)24(32)27(5,36-18(4)31)25(33)23(20)28/h10-11,13-16,22H,6-9,12,29H2,1-5H3,(H,34,35)/b11-10+,17-13+/t16-,22-,27-/m0/s1. The number of nitrogens with zero attached hydrogens (tertiary/aromatic N) is 1. The fraction of sp³-hybridized carbons (Fsp3) is 0.481. The van der Waals surface area contributed by atoms with Crippen molar-refractivity contribution in [3.05, 3.63) is 58.0 Å². The molecule has 8 nitrogen and oxygen atoms in total. The summed E-state index contributed by atoms with van der Waals surface area (Å²) in [6.07, 6.45) is 11.8. The van der Waals surface area contributed by atoms with Crippen LogP contribution in [-0.4, -0.2) is 51.7 Å². The van der Waals surface area contributed by atoms with Crippen LogP contribution in [0.4, 0.5) is 0 Å². The first kappa shape index (κ1) is 29.3. The van der Waals surface area contributed by atoms with Crippen LogP contribution >= 0.6 is 11.6 Å². The second kappa shape index (κ2) is 12.3. The number of fused-ring (bicyclic) bond motifs is 1. The zero-order valence-electron chi connectivity index (χ0n) is 21.5. The summed E-state index contributed by atoms with van der Waals surface area (Å²) in [4.78, 5) is 50.7. The molecule has 36 heavy (non-hydrogen) atoms. The second-order valence-electron chi connectivity index (χ2n) is 9.39. The number of carboxylic acid groups (broad SMARTS) is 1. The Morgan fingerprint density at radius 1 is 1.25 bits per heavy atom. The van der Waals surface area contributed by atoms with Crippen molar-refractivity contribution in [2.45, 2.75) is 71.9 Å². The Labute approximate surface area is 217 Å². The van der Waals surface area contributed by atoms with Crippen molar-refractivity contribution in [2.75, 3.05) is 6.54 Å². The summed E-state index contributed by atoms with van der Waals surface area (Å²) in [5.41, 5.74) is 5.80. The lowest BCUT2D eigenvalue weighted by Crippen LogP contribution is -2.52. The number of Topliss-reactive ketones (excluding diaryl/α,β-unsaturated/α-hetero) is 2. The third-order valence-corrected chi connectivity index (χ3v) is 6.66. The fourth-order valence-corrected chi connectivity index (χ4v) is 4.33. The van der Waals surface area contributed by atoms with Crippen molar-refractivity contribution < 1.29 is 29.0 Å². The van der Waals surface area contributed by atoms with E-state index in [0.29, 0.717) is 37.4 Å². The third-order valence-electron chi connectivity index (χ3n) is 6.28. The minimum absolute atomic E-state index is 0.172. The molecule has 0 spiro atoms. The molecule has 0 radical (unpaired) electrons. The molecule has 0 bridgehead atoms. The van der Waals surface area contributed by atoms with Crippen LogP contribution in [0.5, 0.6) is 0 Å². The topological polar surface area (TPSA) is 127 Å². The molecule has 3 N–H and O–H groups in total. The Bertz CT molecular complexity index is 1080. The number of esters is 1. The van der Waals surface area contributed by atoms with E-state index in [1.807, 2.05) is 24.0 Å². The van der Waals surface area contributed by atoms with Gasteiger partial charge in [-0.25, -0.2) is 0 Å². The minimum atomic E-state index is -2.03. The summed E-state index contributed by atoms with van der Waals surface area (Å²) in [6, 6.07) is -0.934. The van der Waals surface area contributed by atoms with E-state index < -0.39 is 35.1 Å². The maximum Gasteiger partial charge on any atom is 0.320 e. The summed E-state index contributed by atoms with van der Waals surface area (Å²) in [6.45, 7) is 9.08. The van der Waals surface area contributed by atoms with E-state index in [2.05, 4.69) is 19.9 Å². The van der Waals surface area contributed by atoms with Gasteiger partial charge in [0.1, 0.15) is 6.04 Å². The number of hydrogen-bond acceptors (Lipinski definition) is 7. The Hall–Kier alpha value is -2.97. The van der Waals surface area contributed by atoms with E-state index >= 15 is 0 Å². The molecule has 0 aromatic carbocycles. The van der Waals surface area contributed by atoms with Crippen LogP contribution < -0.4 is 5.73 Å². The van der Waals surface area contributed by atoms with Gasteiger partial charge < -0.3 is 20.5 Å². The van der Waals surface area contributed by atoms with Gasteiger partial charge in [-0.15, -0.1) is 0 Å². The van der Waals surface area contributed by atoms with Gasteiger partial charge in [0, 0.05) is 36.5 Å². The predicted molar refractivity (Wildman–Crippen MR) is 138 cm³/mol. The summed E-state index contributed by atoms with van der Waals surface area (Å²) >= 11 is 6.41. The molecule has 0 amide bonds. The number of allylic oxidation sites excluding steroid dienone is 6. The Morgan fingerprint density at radius 2 is 1.92 bits per heavy atom. The zero-order valence-corrected chi connectivity index (χ0v) is 22.2. The summed E-state index contributed by atoms with van der Waals surface area (Å²) in [5.74, 6) is -2.81. The normalized spacial score (nSPS) is 22.3. The van der Waals surface area contributed by atoms with E-state index in [0.717, 1.165) is 18.9 Å². The monoisotopic (exact) mass is 518 g/mol. The zero-order chi connectivity index (χ0) is 27.2. The highest BCUT2D eigenvalue weighted by atomic mass is 35.5. The van der Waals surface area contributed by atoms with Crippen molar-refractivity contribution in [1.29, 1.82) is 0 Å². The van der Waals surface area contributed by atoms with Crippen LogP contribution in [-0.2, 0) is 23.9 Å². The van der Waals surface area contributed by atoms with E-state index in [1.54, 1.807) is 12.3 Å². The maximum absolute atomic E-state index is 13.3. The summed E-state index contributed by atoms with van der Waals surface area (Å²) in [5, 5.41) is 8.83. The fourth-order valence-electron chi connectivity index (χ4n) is 3.99. The Balaban J connectivity index is 2.44. The largest absolute Gasteiger partial charge is 0.480 e. The SMILES string of the molecule is CC[C@H](C)/C=C(C)/C=C/C1=CC2=C(Cl)C(=O)[C@@](C)(OC(C)=O)C(=O)C2=CN1CCCC[C@H](N)C(=O)O. The molecule has 0 aromatic rings. The van der Waals surface area contributed by atoms with Crippen molar-refractivity contribution in [3.8, 4) is 0 Å². The number of nitrogens with two attached hydrogens (primary N) is 1.